The highest BCUT2D eigenvalue weighted by molar-refractivity contribution is 7.13. The quantitative estimate of drug-likeness (QED) is 0.544. The molecule has 0 aliphatic carbocycles. The summed E-state index contributed by atoms with van der Waals surface area (Å²) in [6.07, 6.45) is 4.99. The summed E-state index contributed by atoms with van der Waals surface area (Å²) in [6.45, 7) is 9.78. The highest BCUT2D eigenvalue weighted by Gasteiger charge is 2.18. The van der Waals surface area contributed by atoms with Crippen molar-refractivity contribution in [3.8, 4) is 0 Å². The third-order valence-electron chi connectivity index (χ3n) is 3.16. The maximum absolute atomic E-state index is 11.5. The lowest BCUT2D eigenvalue weighted by molar-refractivity contribution is 0.0520. The smallest absolute Gasteiger partial charge is 0.357 e. The highest BCUT2D eigenvalue weighted by Crippen LogP contribution is 2.25. The average Bonchev–Trinajstić information content (AvgIpc) is 2.86. The molecule has 1 heterocycles. The zero-order valence-corrected chi connectivity index (χ0v) is 13.8. The van der Waals surface area contributed by atoms with Gasteiger partial charge in [0.1, 0.15) is 0 Å². The van der Waals surface area contributed by atoms with Gasteiger partial charge in [0.15, 0.2) is 10.8 Å². The first kappa shape index (κ1) is 17.0. The van der Waals surface area contributed by atoms with Crippen LogP contribution in [0, 0.1) is 5.41 Å². The second-order valence-electron chi connectivity index (χ2n) is 5.73. The van der Waals surface area contributed by atoms with Crippen LogP contribution >= 0.6 is 11.3 Å². The summed E-state index contributed by atoms with van der Waals surface area (Å²) in [5.74, 6) is -0.348. The Bertz CT molecular complexity index is 416. The molecule has 0 bridgehead atoms. The summed E-state index contributed by atoms with van der Waals surface area (Å²) in [7, 11) is 0. The number of unbranched alkanes of at least 4 members (excludes halogenated alkanes) is 2. The van der Waals surface area contributed by atoms with Gasteiger partial charge in [-0.05, 0) is 18.8 Å². The SMILES string of the molecule is CCCCCC(C)(C)CNc1nc(C(=O)OCC)cs1. The van der Waals surface area contributed by atoms with E-state index >= 15 is 0 Å². The van der Waals surface area contributed by atoms with E-state index in [1.54, 1.807) is 12.3 Å². The summed E-state index contributed by atoms with van der Waals surface area (Å²) in [5, 5.41) is 5.86. The Morgan fingerprint density at radius 3 is 2.80 bits per heavy atom. The third kappa shape index (κ3) is 5.90. The lowest BCUT2D eigenvalue weighted by Gasteiger charge is -2.24. The normalized spacial score (nSPS) is 11.4. The molecule has 0 radical (unpaired) electrons. The topological polar surface area (TPSA) is 51.2 Å². The van der Waals surface area contributed by atoms with Crippen LogP contribution in [0.1, 0.15) is 63.9 Å². The van der Waals surface area contributed by atoms with E-state index in [-0.39, 0.29) is 11.4 Å². The van der Waals surface area contributed by atoms with Gasteiger partial charge in [-0.1, -0.05) is 40.0 Å². The molecule has 0 saturated heterocycles. The minimum Gasteiger partial charge on any atom is -0.461 e. The molecule has 5 heteroatoms. The van der Waals surface area contributed by atoms with Crippen molar-refractivity contribution in [3.05, 3.63) is 11.1 Å². The number of aromatic nitrogens is 1. The zero-order chi connectivity index (χ0) is 15.0. The fourth-order valence-corrected chi connectivity index (χ4v) is 2.59. The molecule has 1 N–H and O–H groups in total. The maximum atomic E-state index is 11.5. The van der Waals surface area contributed by atoms with E-state index in [2.05, 4.69) is 31.1 Å². The van der Waals surface area contributed by atoms with Crippen LogP contribution in [0.15, 0.2) is 5.38 Å². The molecule has 0 aliphatic heterocycles. The van der Waals surface area contributed by atoms with E-state index in [0.717, 1.165) is 11.7 Å². The molecule has 0 atom stereocenters. The van der Waals surface area contributed by atoms with Gasteiger partial charge >= 0.3 is 5.97 Å². The second kappa shape index (κ2) is 8.25. The molecule has 4 nitrogen and oxygen atoms in total. The molecule has 0 saturated carbocycles. The lowest BCUT2D eigenvalue weighted by atomic mass is 9.87. The number of rotatable bonds is 9. The Labute approximate surface area is 125 Å². The van der Waals surface area contributed by atoms with Crippen molar-refractivity contribution in [1.82, 2.24) is 4.98 Å². The predicted octanol–water partition coefficient (Wildman–Crippen LogP) is 4.34. The Morgan fingerprint density at radius 2 is 2.15 bits per heavy atom. The molecule has 114 valence electrons. The number of thiazole rings is 1. The molecule has 0 unspecified atom stereocenters. The van der Waals surface area contributed by atoms with Crippen LogP contribution in [0.3, 0.4) is 0 Å². The second-order valence-corrected chi connectivity index (χ2v) is 6.59. The van der Waals surface area contributed by atoms with E-state index in [1.165, 1.54) is 37.0 Å². The van der Waals surface area contributed by atoms with E-state index in [9.17, 15) is 4.79 Å². The van der Waals surface area contributed by atoms with Crippen molar-refractivity contribution < 1.29 is 9.53 Å². The summed E-state index contributed by atoms with van der Waals surface area (Å²) >= 11 is 1.45. The Morgan fingerprint density at radius 1 is 1.40 bits per heavy atom. The molecule has 0 amide bonds. The van der Waals surface area contributed by atoms with Gasteiger partial charge in [0.2, 0.25) is 0 Å². The number of nitrogens with one attached hydrogen (secondary N) is 1. The fraction of sp³-hybridized carbons (Fsp3) is 0.733. The largest absolute Gasteiger partial charge is 0.461 e. The first-order chi connectivity index (χ1) is 9.48. The van der Waals surface area contributed by atoms with Crippen molar-refractivity contribution in [2.45, 2.75) is 53.4 Å². The number of hydrogen-bond donors (Lipinski definition) is 1. The molecule has 0 aliphatic rings. The van der Waals surface area contributed by atoms with Gasteiger partial charge in [-0.2, -0.15) is 0 Å². The van der Waals surface area contributed by atoms with Crippen LogP contribution < -0.4 is 5.32 Å². The highest BCUT2D eigenvalue weighted by atomic mass is 32.1. The third-order valence-corrected chi connectivity index (χ3v) is 3.96. The summed E-state index contributed by atoms with van der Waals surface area (Å²) < 4.78 is 4.93. The number of esters is 1. The molecule has 0 aromatic carbocycles. The van der Waals surface area contributed by atoms with Crippen LogP contribution in [0.2, 0.25) is 0 Å². The number of carbonyl (C=O) groups excluding carboxylic acids is 1. The van der Waals surface area contributed by atoms with E-state index in [0.29, 0.717) is 12.3 Å². The van der Waals surface area contributed by atoms with Crippen molar-refractivity contribution in [1.29, 1.82) is 0 Å². The van der Waals surface area contributed by atoms with Gasteiger partial charge < -0.3 is 10.1 Å². The van der Waals surface area contributed by atoms with Gasteiger partial charge in [-0.15, -0.1) is 11.3 Å². The van der Waals surface area contributed by atoms with Crippen LogP contribution in [-0.4, -0.2) is 24.1 Å². The van der Waals surface area contributed by atoms with Crippen LogP contribution in [0.4, 0.5) is 5.13 Å². The van der Waals surface area contributed by atoms with Crippen LogP contribution in [0.5, 0.6) is 0 Å². The molecule has 0 spiro atoms. The molecular formula is C15H26N2O2S. The minimum absolute atomic E-state index is 0.241. The molecule has 1 aromatic heterocycles. The first-order valence-corrected chi connectivity index (χ1v) is 8.23. The first-order valence-electron chi connectivity index (χ1n) is 7.35. The number of anilines is 1. The fourth-order valence-electron chi connectivity index (χ4n) is 1.91. The zero-order valence-electron chi connectivity index (χ0n) is 13.0. The van der Waals surface area contributed by atoms with Gasteiger partial charge in [0, 0.05) is 11.9 Å². The van der Waals surface area contributed by atoms with Crippen molar-refractivity contribution in [2.75, 3.05) is 18.5 Å². The summed E-state index contributed by atoms with van der Waals surface area (Å²) in [6, 6.07) is 0. The minimum atomic E-state index is -0.348. The summed E-state index contributed by atoms with van der Waals surface area (Å²) in [5.41, 5.74) is 0.633. The number of ether oxygens (including phenoxy) is 1. The van der Waals surface area contributed by atoms with Gasteiger partial charge in [0.25, 0.3) is 0 Å². The number of hydrogen-bond acceptors (Lipinski definition) is 5. The number of carbonyl (C=O) groups is 1. The van der Waals surface area contributed by atoms with E-state index in [4.69, 9.17) is 4.74 Å². The lowest BCUT2D eigenvalue weighted by Crippen LogP contribution is -2.23. The molecule has 1 aromatic rings. The number of nitrogens with zero attached hydrogens (tertiary/aromatic N) is 1. The van der Waals surface area contributed by atoms with Gasteiger partial charge in [-0.25, -0.2) is 9.78 Å². The van der Waals surface area contributed by atoms with E-state index < -0.39 is 0 Å². The molecule has 1 rings (SSSR count). The Kier molecular flexibility index (Phi) is 6.99. The van der Waals surface area contributed by atoms with E-state index in [1.807, 2.05) is 0 Å². The average molecular weight is 298 g/mol. The van der Waals surface area contributed by atoms with Crippen LogP contribution in [-0.2, 0) is 4.74 Å². The Hall–Kier alpha value is -1.10. The molecule has 20 heavy (non-hydrogen) atoms. The van der Waals surface area contributed by atoms with Gasteiger partial charge in [-0.3, -0.25) is 0 Å². The van der Waals surface area contributed by atoms with Crippen molar-refractivity contribution >= 4 is 22.4 Å². The molecule has 0 fully saturated rings. The predicted molar refractivity (Wildman–Crippen MR) is 84.5 cm³/mol. The standard InChI is InChI=1S/C15H26N2O2S/c1-5-7-8-9-15(3,4)11-16-14-17-12(10-20-14)13(18)19-6-2/h10H,5-9,11H2,1-4H3,(H,16,17). The molecular weight excluding hydrogens is 272 g/mol. The monoisotopic (exact) mass is 298 g/mol. The van der Waals surface area contributed by atoms with Crippen molar-refractivity contribution in [3.63, 3.8) is 0 Å². The Balaban J connectivity index is 2.43. The van der Waals surface area contributed by atoms with Gasteiger partial charge in [0.05, 0.1) is 6.61 Å². The maximum Gasteiger partial charge on any atom is 0.357 e. The summed E-state index contributed by atoms with van der Waals surface area (Å²) in [4.78, 5) is 15.8. The van der Waals surface area contributed by atoms with Crippen molar-refractivity contribution in [2.24, 2.45) is 5.41 Å². The van der Waals surface area contributed by atoms with Crippen LogP contribution in [0.25, 0.3) is 0 Å².